The van der Waals surface area contributed by atoms with Gasteiger partial charge in [0.1, 0.15) is 0 Å². The molecule has 1 aromatic carbocycles. The van der Waals surface area contributed by atoms with Crippen molar-refractivity contribution < 1.29 is 95.6 Å². The summed E-state index contributed by atoms with van der Waals surface area (Å²) >= 11 is 0. The minimum atomic E-state index is -6.00. The maximum Gasteiger partial charge on any atom is 1.00 e. The van der Waals surface area contributed by atoms with Gasteiger partial charge in [0.05, 0.1) is 0 Å². The SMILES string of the molecule is F.F.F.F.F.F[B-](F)(F)F.F[B-](F)(F)F.F[B-](F)(F)F.[H-].[Li+].c1ccccc1. The van der Waals surface area contributed by atoms with Crippen molar-refractivity contribution in [1.82, 2.24) is 0 Å². The van der Waals surface area contributed by atoms with Crippen molar-refractivity contribution in [3.8, 4) is 0 Å². The molecule has 0 aliphatic rings. The van der Waals surface area contributed by atoms with E-state index in [1.165, 1.54) is 0 Å². The van der Waals surface area contributed by atoms with E-state index in [1.807, 2.05) is 36.4 Å². The van der Waals surface area contributed by atoms with Crippen molar-refractivity contribution in [2.75, 3.05) is 0 Å². The molecule has 1 aromatic rings. The first kappa shape index (κ1) is 56.2. The summed E-state index contributed by atoms with van der Waals surface area (Å²) in [5, 5.41) is 0. The van der Waals surface area contributed by atoms with Gasteiger partial charge >= 0.3 is 40.6 Å². The van der Waals surface area contributed by atoms with Crippen LogP contribution in [0.15, 0.2) is 36.4 Å². The Bertz CT molecular complexity index is 259. The molecule has 27 heavy (non-hydrogen) atoms. The average Bonchev–Trinajstić information content (AvgIpc) is 2.12. The third-order valence-electron chi connectivity index (χ3n) is 0.667. The largest absolute Gasteiger partial charge is 1.00 e. The fraction of sp³-hybridized carbons (Fsp3) is 0. The zero-order chi connectivity index (χ0) is 17.7. The molecule has 0 heterocycles. The summed E-state index contributed by atoms with van der Waals surface area (Å²) in [7, 11) is -18.0. The van der Waals surface area contributed by atoms with Crippen LogP contribution < -0.4 is 18.9 Å². The van der Waals surface area contributed by atoms with E-state index in [-0.39, 0.29) is 43.8 Å². The summed E-state index contributed by atoms with van der Waals surface area (Å²) in [6.07, 6.45) is 0. The molecule has 0 N–H and O–H groups in total. The molecule has 0 bridgehead atoms. The normalized spacial score (nSPS) is 8.44. The molecule has 0 saturated heterocycles. The van der Waals surface area contributed by atoms with Gasteiger partial charge in [0.25, 0.3) is 0 Å². The first-order valence-electron chi connectivity index (χ1n) is 4.62. The van der Waals surface area contributed by atoms with E-state index in [9.17, 15) is 51.8 Å². The van der Waals surface area contributed by atoms with Crippen LogP contribution in [0, 0.1) is 0 Å². The Labute approximate surface area is 154 Å². The average molecular weight is 447 g/mol. The van der Waals surface area contributed by atoms with E-state index < -0.39 is 21.8 Å². The Morgan fingerprint density at radius 1 is 0.333 bits per heavy atom. The van der Waals surface area contributed by atoms with Crippen molar-refractivity contribution in [2.45, 2.75) is 0 Å². The second kappa shape index (κ2) is 27.0. The molecule has 21 heteroatoms. The predicted molar refractivity (Wildman–Crippen MR) is 70.6 cm³/mol. The molecule has 0 spiro atoms. The second-order valence-electron chi connectivity index (χ2n) is 2.64. The molecular formula is C6H12B3F17Li-3. The first-order valence-corrected chi connectivity index (χ1v) is 4.62. The van der Waals surface area contributed by atoms with Crippen LogP contribution in [-0.2, 0) is 0 Å². The zero-order valence-corrected chi connectivity index (χ0v) is 12.8. The summed E-state index contributed by atoms with van der Waals surface area (Å²) < 4.78 is 117. The maximum atomic E-state index is 9.75. The van der Waals surface area contributed by atoms with Crippen molar-refractivity contribution in [1.29, 1.82) is 0 Å². The molecule has 168 valence electrons. The van der Waals surface area contributed by atoms with Crippen LogP contribution in [0.25, 0.3) is 0 Å². The Morgan fingerprint density at radius 3 is 0.407 bits per heavy atom. The van der Waals surface area contributed by atoms with Crippen molar-refractivity contribution in [3.63, 3.8) is 0 Å². The van der Waals surface area contributed by atoms with E-state index >= 15 is 0 Å². The van der Waals surface area contributed by atoms with Gasteiger partial charge in [0, 0.05) is 0 Å². The summed E-state index contributed by atoms with van der Waals surface area (Å²) in [4.78, 5) is 0. The maximum absolute atomic E-state index is 9.75. The van der Waals surface area contributed by atoms with Crippen molar-refractivity contribution in [2.24, 2.45) is 0 Å². The molecule has 0 aliphatic carbocycles. The fourth-order valence-electron chi connectivity index (χ4n) is 0.385. The van der Waals surface area contributed by atoms with Crippen LogP contribution in [0.2, 0.25) is 0 Å². The van der Waals surface area contributed by atoms with E-state index in [4.69, 9.17) is 0 Å². The predicted octanol–water partition coefficient (Wildman–Crippen LogP) is 3.47. The van der Waals surface area contributed by atoms with Crippen LogP contribution in [0.4, 0.5) is 75.3 Å². The second-order valence-corrected chi connectivity index (χ2v) is 2.64. The van der Waals surface area contributed by atoms with Gasteiger partial charge in [0.2, 0.25) is 0 Å². The van der Waals surface area contributed by atoms with Gasteiger partial charge in [0.15, 0.2) is 0 Å². The van der Waals surface area contributed by atoms with Gasteiger partial charge in [-0.3, -0.25) is 23.5 Å². The first-order chi connectivity index (χ1) is 9.00. The van der Waals surface area contributed by atoms with Gasteiger partial charge in [-0.05, 0) is 0 Å². The molecule has 0 saturated carbocycles. The summed E-state index contributed by atoms with van der Waals surface area (Å²) in [6.45, 7) is 0. The summed E-state index contributed by atoms with van der Waals surface area (Å²) in [5.74, 6) is 0. The number of rotatable bonds is 0. The Hall–Kier alpha value is -1.18. The van der Waals surface area contributed by atoms with Crippen LogP contribution in [0.3, 0.4) is 0 Å². The van der Waals surface area contributed by atoms with Crippen molar-refractivity contribution >= 4 is 21.8 Å². The van der Waals surface area contributed by atoms with Crippen LogP contribution in [0.5, 0.6) is 0 Å². The minimum Gasteiger partial charge on any atom is -1.00 e. The molecule has 0 fully saturated rings. The summed E-state index contributed by atoms with van der Waals surface area (Å²) in [5.41, 5.74) is 0. The Balaban J connectivity index is -0.0000000179. The molecule has 0 aromatic heterocycles. The van der Waals surface area contributed by atoms with E-state index in [2.05, 4.69) is 0 Å². The Morgan fingerprint density at radius 2 is 0.370 bits per heavy atom. The smallest absolute Gasteiger partial charge is 1.00 e. The number of benzene rings is 1. The molecule has 1 rings (SSSR count). The van der Waals surface area contributed by atoms with Gasteiger partial charge in [-0.1, -0.05) is 36.4 Å². The van der Waals surface area contributed by atoms with Crippen LogP contribution in [0.1, 0.15) is 1.43 Å². The quantitative estimate of drug-likeness (QED) is 0.423. The topological polar surface area (TPSA) is 0 Å². The molecule has 0 amide bonds. The minimum absolute atomic E-state index is 0. The third kappa shape index (κ3) is 556. The van der Waals surface area contributed by atoms with Crippen LogP contribution >= 0.6 is 0 Å². The molecular weight excluding hydrogens is 434 g/mol. The molecule has 0 unspecified atom stereocenters. The monoisotopic (exact) mass is 447 g/mol. The zero-order valence-electron chi connectivity index (χ0n) is 13.8. The van der Waals surface area contributed by atoms with Gasteiger partial charge in [-0.25, -0.2) is 0 Å². The number of halogens is 17. The summed E-state index contributed by atoms with van der Waals surface area (Å²) in [6, 6.07) is 12.0. The van der Waals surface area contributed by atoms with Gasteiger partial charge < -0.3 is 53.2 Å². The van der Waals surface area contributed by atoms with E-state index in [1.54, 1.807) is 0 Å². The Kier molecular flexibility index (Phi) is 56.3. The van der Waals surface area contributed by atoms with Gasteiger partial charge in [-0.2, -0.15) is 0 Å². The number of hydrogen-bond donors (Lipinski definition) is 0. The van der Waals surface area contributed by atoms with Crippen molar-refractivity contribution in [3.05, 3.63) is 36.4 Å². The molecule has 0 radical (unpaired) electrons. The molecule has 0 nitrogen and oxygen atoms in total. The van der Waals surface area contributed by atoms with E-state index in [0.717, 1.165) is 0 Å². The van der Waals surface area contributed by atoms with Crippen LogP contribution in [-0.4, -0.2) is 21.8 Å². The molecule has 0 atom stereocenters. The number of hydrogen-bond acceptors (Lipinski definition) is 0. The third-order valence-corrected chi connectivity index (χ3v) is 0.667. The molecule has 0 aliphatic heterocycles. The standard InChI is InChI=1S/C6H6.3BF4.5FH.Li.H/c1-2-4-6-5-3-1;3*2-1(3,4)5;;;;;;;/h1-6H;;;;5*1H;;/q;3*-1;;;;;;+1;-1. The fourth-order valence-corrected chi connectivity index (χ4v) is 0.385. The van der Waals surface area contributed by atoms with Gasteiger partial charge in [-0.15, -0.1) is 0 Å². The van der Waals surface area contributed by atoms with E-state index in [0.29, 0.717) is 0 Å².